The number of aliphatic hydroxyl groups is 1. The van der Waals surface area contributed by atoms with Crippen molar-refractivity contribution in [3.8, 4) is 0 Å². The van der Waals surface area contributed by atoms with E-state index in [0.717, 1.165) is 12.1 Å². The molecule has 0 bridgehead atoms. The van der Waals surface area contributed by atoms with Crippen LogP contribution in [0.25, 0.3) is 10.1 Å². The van der Waals surface area contributed by atoms with E-state index in [1.165, 1.54) is 10.1 Å². The van der Waals surface area contributed by atoms with Crippen molar-refractivity contribution in [2.75, 3.05) is 6.54 Å². The molecule has 0 aliphatic carbocycles. The molecule has 0 spiro atoms. The molecule has 0 saturated heterocycles. The Bertz CT molecular complexity index is 504. The summed E-state index contributed by atoms with van der Waals surface area (Å²) in [4.78, 5) is 0. The van der Waals surface area contributed by atoms with E-state index in [2.05, 4.69) is 35.8 Å². The van der Waals surface area contributed by atoms with E-state index in [1.54, 1.807) is 11.3 Å². The fourth-order valence-corrected chi connectivity index (χ4v) is 2.81. The molecule has 0 aliphatic heterocycles. The van der Waals surface area contributed by atoms with Gasteiger partial charge in [0.15, 0.2) is 0 Å². The molecule has 0 amide bonds. The third kappa shape index (κ3) is 2.37. The maximum atomic E-state index is 10.6. The van der Waals surface area contributed by atoms with Crippen LogP contribution in [0.5, 0.6) is 0 Å². The standard InChI is InChI=1S/C14H19NOS/c1-4-15-10(2)14(3,16)12-5-6-13-11(9-12)7-8-17-13/h5-10,15-16H,4H2,1-3H3. The quantitative estimate of drug-likeness (QED) is 0.872. The van der Waals surface area contributed by atoms with Crippen LogP contribution in [-0.2, 0) is 5.60 Å². The van der Waals surface area contributed by atoms with Crippen molar-refractivity contribution in [1.82, 2.24) is 5.32 Å². The molecule has 92 valence electrons. The highest BCUT2D eigenvalue weighted by Gasteiger charge is 2.29. The minimum atomic E-state index is -0.841. The average molecular weight is 249 g/mol. The van der Waals surface area contributed by atoms with E-state index < -0.39 is 5.60 Å². The van der Waals surface area contributed by atoms with Crippen LogP contribution < -0.4 is 5.32 Å². The van der Waals surface area contributed by atoms with Gasteiger partial charge in [0.1, 0.15) is 5.60 Å². The fraction of sp³-hybridized carbons (Fsp3) is 0.429. The number of thiophene rings is 1. The first kappa shape index (κ1) is 12.6. The van der Waals surface area contributed by atoms with Gasteiger partial charge >= 0.3 is 0 Å². The molecule has 1 aromatic carbocycles. The number of hydrogen-bond donors (Lipinski definition) is 2. The van der Waals surface area contributed by atoms with E-state index >= 15 is 0 Å². The number of likely N-dealkylation sites (N-methyl/N-ethyl adjacent to an activating group) is 1. The highest BCUT2D eigenvalue weighted by Crippen LogP contribution is 2.29. The lowest BCUT2D eigenvalue weighted by molar-refractivity contribution is 0.0223. The van der Waals surface area contributed by atoms with Crippen LogP contribution in [0.4, 0.5) is 0 Å². The Morgan fingerprint density at radius 1 is 1.41 bits per heavy atom. The largest absolute Gasteiger partial charge is 0.384 e. The summed E-state index contributed by atoms with van der Waals surface area (Å²) in [6.07, 6.45) is 0. The summed E-state index contributed by atoms with van der Waals surface area (Å²) in [5.74, 6) is 0. The smallest absolute Gasteiger partial charge is 0.102 e. The van der Waals surface area contributed by atoms with Gasteiger partial charge in [-0.1, -0.05) is 13.0 Å². The molecule has 1 heterocycles. The Balaban J connectivity index is 2.36. The van der Waals surface area contributed by atoms with Crippen molar-refractivity contribution in [1.29, 1.82) is 0 Å². The van der Waals surface area contributed by atoms with E-state index in [9.17, 15) is 5.11 Å². The van der Waals surface area contributed by atoms with Crippen LogP contribution in [0.1, 0.15) is 26.3 Å². The van der Waals surface area contributed by atoms with Crippen LogP contribution in [0.15, 0.2) is 29.6 Å². The second-order valence-electron chi connectivity index (χ2n) is 4.60. The highest BCUT2D eigenvalue weighted by atomic mass is 32.1. The molecule has 1 aromatic heterocycles. The Labute approximate surface area is 106 Å². The van der Waals surface area contributed by atoms with Gasteiger partial charge in [0.2, 0.25) is 0 Å². The second-order valence-corrected chi connectivity index (χ2v) is 5.55. The van der Waals surface area contributed by atoms with Crippen molar-refractivity contribution in [3.05, 3.63) is 35.2 Å². The van der Waals surface area contributed by atoms with Gasteiger partial charge in [0, 0.05) is 10.7 Å². The number of benzene rings is 1. The number of rotatable bonds is 4. The number of hydrogen-bond acceptors (Lipinski definition) is 3. The third-order valence-electron chi connectivity index (χ3n) is 3.39. The van der Waals surface area contributed by atoms with Crippen molar-refractivity contribution in [2.45, 2.75) is 32.4 Å². The van der Waals surface area contributed by atoms with Gasteiger partial charge < -0.3 is 10.4 Å². The Morgan fingerprint density at radius 2 is 2.18 bits per heavy atom. The monoisotopic (exact) mass is 249 g/mol. The molecule has 2 aromatic rings. The first-order valence-corrected chi connectivity index (χ1v) is 6.87. The molecule has 0 saturated carbocycles. The lowest BCUT2D eigenvalue weighted by Crippen LogP contribution is -2.44. The van der Waals surface area contributed by atoms with Gasteiger partial charge in [-0.05, 0) is 54.9 Å². The van der Waals surface area contributed by atoms with E-state index in [0.29, 0.717) is 0 Å². The van der Waals surface area contributed by atoms with Crippen molar-refractivity contribution in [2.24, 2.45) is 0 Å². The van der Waals surface area contributed by atoms with Crippen LogP contribution >= 0.6 is 11.3 Å². The molecule has 0 fully saturated rings. The first-order chi connectivity index (χ1) is 8.05. The third-order valence-corrected chi connectivity index (χ3v) is 4.29. The molecule has 2 rings (SSSR count). The summed E-state index contributed by atoms with van der Waals surface area (Å²) in [6.45, 7) is 6.79. The van der Waals surface area contributed by atoms with E-state index in [-0.39, 0.29) is 6.04 Å². The Hall–Kier alpha value is -0.900. The van der Waals surface area contributed by atoms with Gasteiger partial charge in [0.05, 0.1) is 0 Å². The zero-order valence-electron chi connectivity index (χ0n) is 10.5. The SMILES string of the molecule is CCNC(C)C(C)(O)c1ccc2sccc2c1. The minimum Gasteiger partial charge on any atom is -0.384 e. The van der Waals surface area contributed by atoms with E-state index in [1.807, 2.05) is 19.9 Å². The van der Waals surface area contributed by atoms with Gasteiger partial charge in [-0.2, -0.15) is 0 Å². The summed E-state index contributed by atoms with van der Waals surface area (Å²) in [6, 6.07) is 8.32. The topological polar surface area (TPSA) is 32.3 Å². The molecule has 3 heteroatoms. The molecule has 17 heavy (non-hydrogen) atoms. The predicted molar refractivity (Wildman–Crippen MR) is 74.5 cm³/mol. The Kier molecular flexibility index (Phi) is 3.52. The zero-order valence-corrected chi connectivity index (χ0v) is 11.3. The maximum Gasteiger partial charge on any atom is 0.102 e. The van der Waals surface area contributed by atoms with Crippen molar-refractivity contribution in [3.63, 3.8) is 0 Å². The summed E-state index contributed by atoms with van der Waals surface area (Å²) in [7, 11) is 0. The summed E-state index contributed by atoms with van der Waals surface area (Å²) in [5, 5.41) is 17.2. The van der Waals surface area contributed by atoms with Crippen molar-refractivity contribution >= 4 is 21.4 Å². The van der Waals surface area contributed by atoms with Crippen LogP contribution in [0.3, 0.4) is 0 Å². The lowest BCUT2D eigenvalue weighted by atomic mass is 9.88. The number of fused-ring (bicyclic) bond motifs is 1. The molecule has 0 radical (unpaired) electrons. The predicted octanol–water partition coefficient (Wildman–Crippen LogP) is 3.11. The molecule has 2 nitrogen and oxygen atoms in total. The molecule has 2 atom stereocenters. The van der Waals surface area contributed by atoms with Crippen LogP contribution in [-0.4, -0.2) is 17.7 Å². The normalized spacial score (nSPS) is 16.9. The molecule has 2 N–H and O–H groups in total. The fourth-order valence-electron chi connectivity index (χ4n) is 2.04. The molecular weight excluding hydrogens is 230 g/mol. The zero-order chi connectivity index (χ0) is 12.5. The lowest BCUT2D eigenvalue weighted by Gasteiger charge is -2.31. The van der Waals surface area contributed by atoms with Crippen molar-refractivity contribution < 1.29 is 5.11 Å². The minimum absolute atomic E-state index is 0.0311. The summed E-state index contributed by atoms with van der Waals surface area (Å²) >= 11 is 1.73. The summed E-state index contributed by atoms with van der Waals surface area (Å²) < 4.78 is 1.26. The van der Waals surface area contributed by atoms with Gasteiger partial charge in [-0.15, -0.1) is 11.3 Å². The Morgan fingerprint density at radius 3 is 2.88 bits per heavy atom. The van der Waals surface area contributed by atoms with Crippen LogP contribution in [0, 0.1) is 0 Å². The van der Waals surface area contributed by atoms with Gasteiger partial charge in [-0.25, -0.2) is 0 Å². The van der Waals surface area contributed by atoms with Gasteiger partial charge in [0.25, 0.3) is 0 Å². The maximum absolute atomic E-state index is 10.6. The highest BCUT2D eigenvalue weighted by molar-refractivity contribution is 7.17. The number of nitrogens with one attached hydrogen (secondary N) is 1. The molecule has 0 aliphatic rings. The van der Waals surface area contributed by atoms with E-state index in [4.69, 9.17) is 0 Å². The summed E-state index contributed by atoms with van der Waals surface area (Å²) in [5.41, 5.74) is 0.128. The molecule has 2 unspecified atom stereocenters. The molecular formula is C14H19NOS. The average Bonchev–Trinajstić information content (AvgIpc) is 2.76. The van der Waals surface area contributed by atoms with Crippen LogP contribution in [0.2, 0.25) is 0 Å². The first-order valence-electron chi connectivity index (χ1n) is 5.99. The van der Waals surface area contributed by atoms with Gasteiger partial charge in [-0.3, -0.25) is 0 Å². The second kappa shape index (κ2) is 4.77.